The van der Waals surface area contributed by atoms with E-state index in [9.17, 15) is 0 Å². The van der Waals surface area contributed by atoms with Crippen LogP contribution in [-0.2, 0) is 6.42 Å². The predicted molar refractivity (Wildman–Crippen MR) is 77.4 cm³/mol. The van der Waals surface area contributed by atoms with Gasteiger partial charge in [0.05, 0.1) is 0 Å². The van der Waals surface area contributed by atoms with Gasteiger partial charge in [-0.25, -0.2) is 0 Å². The van der Waals surface area contributed by atoms with Gasteiger partial charge in [-0.15, -0.1) is 0 Å². The van der Waals surface area contributed by atoms with Crippen LogP contribution >= 0.6 is 0 Å². The molecule has 0 aromatic heterocycles. The van der Waals surface area contributed by atoms with Crippen molar-refractivity contribution in [3.05, 3.63) is 59.7 Å². The average Bonchev–Trinajstić information content (AvgIpc) is 2.67. The van der Waals surface area contributed by atoms with Crippen LogP contribution in [0.4, 0.5) is 0 Å². The third-order valence-corrected chi connectivity index (χ3v) is 5.93. The van der Waals surface area contributed by atoms with Crippen molar-refractivity contribution in [2.75, 3.05) is 0 Å². The van der Waals surface area contributed by atoms with Crippen LogP contribution < -0.4 is 0 Å². The summed E-state index contributed by atoms with van der Waals surface area (Å²) in [5.74, 6) is 0.835. The van der Waals surface area contributed by atoms with Crippen molar-refractivity contribution < 1.29 is 0 Å². The molecule has 1 heteroatoms. The largest absolute Gasteiger partial charge is 0.0622 e. The minimum Gasteiger partial charge on any atom is -0.0622 e. The van der Waals surface area contributed by atoms with Crippen LogP contribution in [0.1, 0.15) is 23.6 Å². The Morgan fingerprint density at radius 3 is 2.53 bits per heavy atom. The summed E-state index contributed by atoms with van der Waals surface area (Å²) in [6.45, 7) is 2.40. The normalized spacial score (nSPS) is 22.6. The lowest BCUT2D eigenvalue weighted by atomic mass is 9.97. The van der Waals surface area contributed by atoms with Crippen molar-refractivity contribution in [2.45, 2.75) is 18.9 Å². The van der Waals surface area contributed by atoms with Crippen molar-refractivity contribution in [3.63, 3.8) is 0 Å². The first kappa shape index (κ1) is 10.8. The first-order valence-corrected chi connectivity index (χ1v) is 7.60. The number of hydrogen-bond acceptors (Lipinski definition) is 0. The average molecular weight is 238 g/mol. The van der Waals surface area contributed by atoms with Gasteiger partial charge in [0.25, 0.3) is 0 Å². The van der Waals surface area contributed by atoms with E-state index in [1.165, 1.54) is 27.8 Å². The third kappa shape index (κ3) is 1.75. The minimum absolute atomic E-state index is 0.835. The number of fused-ring (bicyclic) bond motifs is 1. The van der Waals surface area contributed by atoms with Gasteiger partial charge in [-0.1, -0.05) is 55.5 Å². The van der Waals surface area contributed by atoms with Gasteiger partial charge in [0.15, 0.2) is 0 Å². The second-order valence-electron chi connectivity index (χ2n) is 5.21. The van der Waals surface area contributed by atoms with Gasteiger partial charge in [-0.3, -0.25) is 0 Å². The minimum atomic E-state index is 0.835. The van der Waals surface area contributed by atoms with Crippen LogP contribution in [0, 0.1) is 5.92 Å². The smallest absolute Gasteiger partial charge is 0.0126 e. The lowest BCUT2D eigenvalue weighted by molar-refractivity contribution is 0.608. The molecule has 0 amide bonds. The monoisotopic (exact) mass is 238 g/mol. The molecule has 17 heavy (non-hydrogen) atoms. The Balaban J connectivity index is 2.16. The standard InChI is InChI=1S/C16H18Si/c1-11-10-15-13(12-6-3-2-4-7-12)8-5-9-14(15)16(11)17/h2-9,11,16H,10H2,1,17H3. The molecule has 2 aromatic carbocycles. The molecule has 2 atom stereocenters. The zero-order valence-corrected chi connectivity index (χ0v) is 12.5. The van der Waals surface area contributed by atoms with Crippen molar-refractivity contribution in [1.82, 2.24) is 0 Å². The van der Waals surface area contributed by atoms with E-state index in [0.29, 0.717) is 0 Å². The summed E-state index contributed by atoms with van der Waals surface area (Å²) in [6.07, 6.45) is 1.26. The van der Waals surface area contributed by atoms with Crippen LogP contribution in [0.5, 0.6) is 0 Å². The van der Waals surface area contributed by atoms with Crippen LogP contribution in [0.25, 0.3) is 11.1 Å². The third-order valence-electron chi connectivity index (χ3n) is 4.17. The zero-order valence-electron chi connectivity index (χ0n) is 10.5. The van der Waals surface area contributed by atoms with E-state index >= 15 is 0 Å². The summed E-state index contributed by atoms with van der Waals surface area (Å²) in [5, 5.41) is 0. The van der Waals surface area contributed by atoms with E-state index in [2.05, 4.69) is 55.5 Å². The molecule has 1 aliphatic carbocycles. The van der Waals surface area contributed by atoms with E-state index in [4.69, 9.17) is 0 Å². The van der Waals surface area contributed by atoms with E-state index in [1.807, 2.05) is 0 Å². The molecule has 2 aromatic rings. The molecule has 0 fully saturated rings. The Labute approximate surface area is 106 Å². The lowest BCUT2D eigenvalue weighted by Gasteiger charge is -2.10. The van der Waals surface area contributed by atoms with E-state index in [0.717, 1.165) is 11.5 Å². The van der Waals surface area contributed by atoms with Gasteiger partial charge in [0, 0.05) is 10.2 Å². The second-order valence-corrected chi connectivity index (χ2v) is 6.45. The summed E-state index contributed by atoms with van der Waals surface area (Å²) < 4.78 is 0. The molecule has 0 saturated carbocycles. The molecule has 0 spiro atoms. The molecule has 0 radical (unpaired) electrons. The summed E-state index contributed by atoms with van der Waals surface area (Å²) in [4.78, 5) is 0. The zero-order chi connectivity index (χ0) is 11.8. The highest BCUT2D eigenvalue weighted by atomic mass is 28.1. The van der Waals surface area contributed by atoms with Crippen molar-refractivity contribution in [1.29, 1.82) is 0 Å². The molecule has 0 N–H and O–H groups in total. The predicted octanol–water partition coefficient (Wildman–Crippen LogP) is 2.95. The van der Waals surface area contributed by atoms with Gasteiger partial charge in [0.1, 0.15) is 0 Å². The second kappa shape index (κ2) is 4.15. The highest BCUT2D eigenvalue weighted by molar-refractivity contribution is 6.13. The molecule has 86 valence electrons. The quantitative estimate of drug-likeness (QED) is 0.670. The topological polar surface area (TPSA) is 0 Å². The van der Waals surface area contributed by atoms with Crippen LogP contribution in [0.15, 0.2) is 48.5 Å². The Bertz CT molecular complexity index is 530. The fraction of sp³-hybridized carbons (Fsp3) is 0.250. The van der Waals surface area contributed by atoms with Crippen molar-refractivity contribution >= 4 is 10.2 Å². The summed E-state index contributed by atoms with van der Waals surface area (Å²) in [5.41, 5.74) is 6.88. The summed E-state index contributed by atoms with van der Waals surface area (Å²) in [6, 6.07) is 17.6. The fourth-order valence-corrected chi connectivity index (χ4v) is 3.73. The molecular formula is C16H18Si. The van der Waals surface area contributed by atoms with Gasteiger partial charge in [-0.2, -0.15) is 0 Å². The fourth-order valence-electron chi connectivity index (χ4n) is 2.95. The molecule has 3 rings (SSSR count). The molecule has 1 aliphatic rings. The Kier molecular flexibility index (Phi) is 2.64. The van der Waals surface area contributed by atoms with Crippen LogP contribution in [0.2, 0.25) is 0 Å². The molecule has 0 nitrogen and oxygen atoms in total. The highest BCUT2D eigenvalue weighted by Crippen LogP contribution is 2.40. The maximum atomic E-state index is 2.40. The van der Waals surface area contributed by atoms with E-state index in [-0.39, 0.29) is 0 Å². The van der Waals surface area contributed by atoms with Crippen LogP contribution in [-0.4, -0.2) is 10.2 Å². The number of benzene rings is 2. The van der Waals surface area contributed by atoms with Crippen LogP contribution in [0.3, 0.4) is 0 Å². The molecule has 0 saturated heterocycles. The Morgan fingerprint density at radius 2 is 1.76 bits per heavy atom. The van der Waals surface area contributed by atoms with Gasteiger partial charge in [-0.05, 0) is 40.1 Å². The molecule has 0 heterocycles. The number of hydrogen-bond donors (Lipinski definition) is 0. The first-order chi connectivity index (χ1) is 8.27. The molecule has 2 unspecified atom stereocenters. The van der Waals surface area contributed by atoms with Gasteiger partial charge >= 0.3 is 0 Å². The first-order valence-electron chi connectivity index (χ1n) is 6.44. The van der Waals surface area contributed by atoms with E-state index < -0.39 is 0 Å². The Hall–Kier alpha value is -1.34. The van der Waals surface area contributed by atoms with E-state index in [1.54, 1.807) is 11.1 Å². The number of rotatable bonds is 1. The Morgan fingerprint density at radius 1 is 1.00 bits per heavy atom. The molecule has 0 bridgehead atoms. The van der Waals surface area contributed by atoms with Gasteiger partial charge < -0.3 is 0 Å². The molecule has 0 aliphatic heterocycles. The van der Waals surface area contributed by atoms with Gasteiger partial charge in [0.2, 0.25) is 0 Å². The van der Waals surface area contributed by atoms with Crippen molar-refractivity contribution in [3.8, 4) is 11.1 Å². The maximum absolute atomic E-state index is 2.40. The maximum Gasteiger partial charge on any atom is 0.0126 e. The summed E-state index contributed by atoms with van der Waals surface area (Å²) >= 11 is 0. The lowest BCUT2D eigenvalue weighted by Crippen LogP contribution is -2.01. The van der Waals surface area contributed by atoms with Crippen molar-refractivity contribution in [2.24, 2.45) is 5.92 Å². The SMILES string of the molecule is CC1Cc2c(-c3ccccc3)cccc2C1[SiH3]. The highest BCUT2D eigenvalue weighted by Gasteiger charge is 2.27. The molecular weight excluding hydrogens is 220 g/mol. The summed E-state index contributed by atoms with van der Waals surface area (Å²) in [7, 11) is 1.27.